The molecule has 6 nitrogen and oxygen atoms in total. The van der Waals surface area contributed by atoms with Crippen LogP contribution in [0.25, 0.3) is 0 Å². The standard InChI is InChI=1S/C18H20N2O4S2/c1-12-7-8-20(11-12)15-9-13(18(21)22)10-16(26(19,23)24)17(15)25-14-5-3-2-4-6-14/h2-6,9-10,12H,7-8,11H2,1H3,(H,21,22)(H2,19,23,24). The monoisotopic (exact) mass is 392 g/mol. The predicted octanol–water partition coefficient (Wildman–Crippen LogP) is 3.03. The zero-order valence-corrected chi connectivity index (χ0v) is 15.9. The molecule has 0 aromatic heterocycles. The number of nitrogens with zero attached hydrogens (tertiary/aromatic N) is 1. The highest BCUT2D eigenvalue weighted by molar-refractivity contribution is 8.00. The molecule has 1 fully saturated rings. The van der Waals surface area contributed by atoms with Crippen molar-refractivity contribution in [2.75, 3.05) is 18.0 Å². The number of carboxylic acid groups (broad SMARTS) is 1. The third kappa shape index (κ3) is 4.03. The molecular formula is C18H20N2O4S2. The lowest BCUT2D eigenvalue weighted by Gasteiger charge is -2.24. The Hall–Kier alpha value is -2.03. The lowest BCUT2D eigenvalue weighted by atomic mass is 10.1. The highest BCUT2D eigenvalue weighted by atomic mass is 32.2. The van der Waals surface area contributed by atoms with Gasteiger partial charge in [-0.05, 0) is 36.6 Å². The van der Waals surface area contributed by atoms with Gasteiger partial charge in [0.05, 0.1) is 21.0 Å². The molecular weight excluding hydrogens is 372 g/mol. The molecule has 8 heteroatoms. The van der Waals surface area contributed by atoms with Crippen LogP contribution in [0.2, 0.25) is 0 Å². The SMILES string of the molecule is CC1CCN(c2cc(C(=O)O)cc(S(N)(=O)=O)c2Sc2ccccc2)C1. The molecule has 2 aromatic rings. The fourth-order valence-electron chi connectivity index (χ4n) is 3.02. The van der Waals surface area contributed by atoms with Crippen molar-refractivity contribution in [1.82, 2.24) is 0 Å². The van der Waals surface area contributed by atoms with E-state index in [1.54, 1.807) is 6.07 Å². The molecule has 138 valence electrons. The Bertz CT molecular complexity index is 930. The van der Waals surface area contributed by atoms with Crippen LogP contribution in [0.15, 0.2) is 57.2 Å². The number of hydrogen-bond donors (Lipinski definition) is 2. The number of nitrogens with two attached hydrogens (primary N) is 1. The van der Waals surface area contributed by atoms with Crippen LogP contribution in [0.5, 0.6) is 0 Å². The summed E-state index contributed by atoms with van der Waals surface area (Å²) in [6, 6.07) is 12.0. The first-order valence-electron chi connectivity index (χ1n) is 8.17. The largest absolute Gasteiger partial charge is 0.478 e. The summed E-state index contributed by atoms with van der Waals surface area (Å²) in [6.45, 7) is 3.61. The van der Waals surface area contributed by atoms with Gasteiger partial charge >= 0.3 is 5.97 Å². The molecule has 3 rings (SSSR count). The number of rotatable bonds is 5. The second kappa shape index (κ2) is 7.30. The average molecular weight is 393 g/mol. The van der Waals surface area contributed by atoms with E-state index in [0.717, 1.165) is 30.5 Å². The van der Waals surface area contributed by atoms with E-state index in [0.29, 0.717) is 16.5 Å². The van der Waals surface area contributed by atoms with Crippen LogP contribution < -0.4 is 10.0 Å². The predicted molar refractivity (Wildman–Crippen MR) is 101 cm³/mol. The Morgan fingerprint density at radius 3 is 2.50 bits per heavy atom. The van der Waals surface area contributed by atoms with Crippen LogP contribution in [-0.4, -0.2) is 32.6 Å². The highest BCUT2D eigenvalue weighted by Crippen LogP contribution is 2.42. The van der Waals surface area contributed by atoms with E-state index < -0.39 is 16.0 Å². The second-order valence-electron chi connectivity index (χ2n) is 6.43. The van der Waals surface area contributed by atoms with Gasteiger partial charge in [-0.2, -0.15) is 0 Å². The van der Waals surface area contributed by atoms with E-state index in [1.165, 1.54) is 11.8 Å². The Morgan fingerprint density at radius 1 is 1.27 bits per heavy atom. The maximum Gasteiger partial charge on any atom is 0.335 e. The number of sulfonamides is 1. The minimum atomic E-state index is -4.09. The van der Waals surface area contributed by atoms with E-state index in [1.807, 2.05) is 35.2 Å². The summed E-state index contributed by atoms with van der Waals surface area (Å²) in [6.07, 6.45) is 0.970. The summed E-state index contributed by atoms with van der Waals surface area (Å²) in [5, 5.41) is 14.8. The van der Waals surface area contributed by atoms with Crippen molar-refractivity contribution in [2.24, 2.45) is 11.1 Å². The summed E-state index contributed by atoms with van der Waals surface area (Å²) in [5.74, 6) is -0.726. The lowest BCUT2D eigenvalue weighted by Crippen LogP contribution is -2.22. The number of carboxylic acids is 1. The average Bonchev–Trinajstić information content (AvgIpc) is 3.01. The quantitative estimate of drug-likeness (QED) is 0.811. The minimum absolute atomic E-state index is 0.0824. The molecule has 2 aromatic carbocycles. The molecule has 0 amide bonds. The first-order valence-corrected chi connectivity index (χ1v) is 10.5. The van der Waals surface area contributed by atoms with Crippen molar-refractivity contribution in [3.05, 3.63) is 48.0 Å². The molecule has 1 heterocycles. The smallest absolute Gasteiger partial charge is 0.335 e. The maximum atomic E-state index is 12.2. The van der Waals surface area contributed by atoms with Crippen molar-refractivity contribution in [1.29, 1.82) is 0 Å². The summed E-state index contributed by atoms with van der Waals surface area (Å²) in [7, 11) is -4.09. The zero-order chi connectivity index (χ0) is 18.9. The van der Waals surface area contributed by atoms with Gasteiger partial charge in [-0.15, -0.1) is 0 Å². The molecule has 1 aliphatic heterocycles. The van der Waals surface area contributed by atoms with Gasteiger partial charge in [-0.25, -0.2) is 18.4 Å². The second-order valence-corrected chi connectivity index (χ2v) is 9.04. The number of carbonyl (C=O) groups is 1. The molecule has 0 spiro atoms. The summed E-state index contributed by atoms with van der Waals surface area (Å²) in [5.41, 5.74) is 0.521. The molecule has 0 bridgehead atoms. The van der Waals surface area contributed by atoms with Gasteiger partial charge in [-0.1, -0.05) is 36.9 Å². The van der Waals surface area contributed by atoms with E-state index >= 15 is 0 Å². The maximum absolute atomic E-state index is 12.2. The Balaban J connectivity index is 2.21. The summed E-state index contributed by atoms with van der Waals surface area (Å²) < 4.78 is 24.4. The number of anilines is 1. The molecule has 1 unspecified atom stereocenters. The van der Waals surface area contributed by atoms with Crippen molar-refractivity contribution < 1.29 is 18.3 Å². The van der Waals surface area contributed by atoms with Gasteiger partial charge in [-0.3, -0.25) is 0 Å². The van der Waals surface area contributed by atoms with Gasteiger partial charge < -0.3 is 10.0 Å². The molecule has 0 aliphatic carbocycles. The van der Waals surface area contributed by atoms with Gasteiger partial charge in [0.1, 0.15) is 0 Å². The third-order valence-corrected chi connectivity index (χ3v) is 6.52. The van der Waals surface area contributed by atoms with Crippen molar-refractivity contribution in [3.63, 3.8) is 0 Å². The van der Waals surface area contributed by atoms with Gasteiger partial charge in [0.25, 0.3) is 0 Å². The fraction of sp³-hybridized carbons (Fsp3) is 0.278. The number of benzene rings is 2. The minimum Gasteiger partial charge on any atom is -0.478 e. The van der Waals surface area contributed by atoms with E-state index in [4.69, 9.17) is 5.14 Å². The summed E-state index contributed by atoms with van der Waals surface area (Å²) >= 11 is 1.28. The molecule has 0 saturated carbocycles. The molecule has 0 radical (unpaired) electrons. The normalized spacial score (nSPS) is 17.5. The molecule has 26 heavy (non-hydrogen) atoms. The van der Waals surface area contributed by atoms with Crippen LogP contribution in [0.3, 0.4) is 0 Å². The fourth-order valence-corrected chi connectivity index (χ4v) is 5.13. The Morgan fingerprint density at radius 2 is 1.96 bits per heavy atom. The van der Waals surface area contributed by atoms with E-state index in [9.17, 15) is 18.3 Å². The topological polar surface area (TPSA) is 101 Å². The first kappa shape index (κ1) is 18.8. The van der Waals surface area contributed by atoms with Gasteiger partial charge in [0.15, 0.2) is 0 Å². The van der Waals surface area contributed by atoms with Crippen LogP contribution in [0.1, 0.15) is 23.7 Å². The summed E-state index contributed by atoms with van der Waals surface area (Å²) in [4.78, 5) is 14.7. The third-order valence-electron chi connectivity index (χ3n) is 4.32. The Kier molecular flexibility index (Phi) is 5.27. The Labute approximate surface area is 157 Å². The van der Waals surface area contributed by atoms with Crippen LogP contribution in [0, 0.1) is 5.92 Å². The van der Waals surface area contributed by atoms with Gasteiger partial charge in [0, 0.05) is 18.0 Å². The number of hydrogen-bond acceptors (Lipinski definition) is 5. The zero-order valence-electron chi connectivity index (χ0n) is 14.3. The molecule has 1 atom stereocenters. The van der Waals surface area contributed by atoms with Crippen LogP contribution >= 0.6 is 11.8 Å². The van der Waals surface area contributed by atoms with Gasteiger partial charge in [0.2, 0.25) is 10.0 Å². The number of aromatic carboxylic acids is 1. The van der Waals surface area contributed by atoms with E-state index in [2.05, 4.69) is 6.92 Å². The first-order chi connectivity index (χ1) is 12.3. The lowest BCUT2D eigenvalue weighted by molar-refractivity contribution is 0.0696. The van der Waals surface area contributed by atoms with Crippen molar-refractivity contribution in [3.8, 4) is 0 Å². The van der Waals surface area contributed by atoms with Crippen LogP contribution in [0.4, 0.5) is 5.69 Å². The van der Waals surface area contributed by atoms with Crippen LogP contribution in [-0.2, 0) is 10.0 Å². The highest BCUT2D eigenvalue weighted by Gasteiger charge is 2.28. The molecule has 1 aliphatic rings. The van der Waals surface area contributed by atoms with Crippen molar-refractivity contribution >= 4 is 33.4 Å². The molecule has 1 saturated heterocycles. The van der Waals surface area contributed by atoms with E-state index in [-0.39, 0.29) is 10.5 Å². The van der Waals surface area contributed by atoms with Crippen molar-refractivity contribution in [2.45, 2.75) is 28.0 Å². The molecule has 3 N–H and O–H groups in total. The number of primary sulfonamides is 1.